The quantitative estimate of drug-likeness (QED) is 0.492. The maximum atomic E-state index is 13.8. The summed E-state index contributed by atoms with van der Waals surface area (Å²) >= 11 is 0. The molecule has 1 heterocycles. The summed E-state index contributed by atoms with van der Waals surface area (Å²) in [5, 5.41) is 0. The van der Waals surface area contributed by atoms with Gasteiger partial charge in [-0.05, 0) is 62.2 Å². The highest BCUT2D eigenvalue weighted by Gasteiger charge is 2.66. The van der Waals surface area contributed by atoms with Crippen molar-refractivity contribution in [1.82, 2.24) is 0 Å². The van der Waals surface area contributed by atoms with Gasteiger partial charge in [0.1, 0.15) is 11.9 Å². The minimum atomic E-state index is -0.617. The molecule has 30 heavy (non-hydrogen) atoms. The number of carbonyl (C=O) groups excluding carboxylic acids is 2. The zero-order valence-electron chi connectivity index (χ0n) is 18.9. The molecule has 0 amide bonds. The number of hydrogen-bond acceptors (Lipinski definition) is 5. The molecule has 5 rings (SSSR count). The van der Waals surface area contributed by atoms with Crippen LogP contribution in [0, 0.1) is 34.5 Å². The van der Waals surface area contributed by atoms with Gasteiger partial charge in [-0.1, -0.05) is 25.5 Å². The van der Waals surface area contributed by atoms with Gasteiger partial charge in [-0.3, -0.25) is 9.59 Å². The van der Waals surface area contributed by atoms with Crippen LogP contribution >= 0.6 is 0 Å². The third-order valence-corrected chi connectivity index (χ3v) is 9.75. The summed E-state index contributed by atoms with van der Waals surface area (Å²) in [6.45, 7) is 9.38. The zero-order chi connectivity index (χ0) is 21.3. The predicted molar refractivity (Wildman–Crippen MR) is 111 cm³/mol. The van der Waals surface area contributed by atoms with Crippen molar-refractivity contribution >= 4 is 11.8 Å². The van der Waals surface area contributed by atoms with Crippen LogP contribution in [0.3, 0.4) is 0 Å². The summed E-state index contributed by atoms with van der Waals surface area (Å²) in [6, 6.07) is 0. The van der Waals surface area contributed by atoms with Gasteiger partial charge in [0, 0.05) is 31.1 Å². The SMILES string of the molecule is CC(=O)O[C@H]1CC[C@@]2(C)C(=CC[C@H]3[C@@H]4CC[C@H](C5(C)OCCO5)[C@@]4(C)C(=O)C[C@@H]32)C1. The second-order valence-corrected chi connectivity index (χ2v) is 11.0. The molecule has 0 radical (unpaired) electrons. The van der Waals surface area contributed by atoms with Crippen molar-refractivity contribution in [2.24, 2.45) is 34.5 Å². The molecule has 166 valence electrons. The Labute approximate surface area is 179 Å². The number of hydrogen-bond donors (Lipinski definition) is 0. The van der Waals surface area contributed by atoms with E-state index in [0.29, 0.717) is 43.2 Å². The smallest absolute Gasteiger partial charge is 0.302 e. The molecule has 0 N–H and O–H groups in total. The molecule has 0 unspecified atom stereocenters. The molecule has 4 fully saturated rings. The van der Waals surface area contributed by atoms with Crippen LogP contribution in [0.25, 0.3) is 0 Å². The molecule has 0 spiro atoms. The van der Waals surface area contributed by atoms with E-state index in [9.17, 15) is 9.59 Å². The highest BCUT2D eigenvalue weighted by Crippen LogP contribution is 2.67. The van der Waals surface area contributed by atoms with Gasteiger partial charge in [0.15, 0.2) is 5.79 Å². The number of esters is 1. The summed E-state index contributed by atoms with van der Waals surface area (Å²) in [4.78, 5) is 25.2. The highest BCUT2D eigenvalue weighted by molar-refractivity contribution is 5.87. The monoisotopic (exact) mass is 416 g/mol. The van der Waals surface area contributed by atoms with E-state index in [4.69, 9.17) is 14.2 Å². The average Bonchev–Trinajstić information content (AvgIpc) is 3.28. The Morgan fingerprint density at radius 1 is 1.07 bits per heavy atom. The van der Waals surface area contributed by atoms with E-state index in [1.807, 2.05) is 6.92 Å². The van der Waals surface area contributed by atoms with E-state index in [0.717, 1.165) is 38.5 Å². The Bertz CT molecular complexity index is 780. The Morgan fingerprint density at radius 2 is 1.80 bits per heavy atom. The Hall–Kier alpha value is -1.20. The molecule has 1 aliphatic heterocycles. The first kappa shape index (κ1) is 20.7. The van der Waals surface area contributed by atoms with Crippen LogP contribution in [0.15, 0.2) is 11.6 Å². The fourth-order valence-electron chi connectivity index (χ4n) is 8.24. The van der Waals surface area contributed by atoms with Gasteiger partial charge in [-0.25, -0.2) is 0 Å². The highest BCUT2D eigenvalue weighted by atomic mass is 16.7. The van der Waals surface area contributed by atoms with Crippen LogP contribution < -0.4 is 0 Å². The number of allylic oxidation sites excluding steroid dienone is 1. The standard InChI is InChI=1S/C25H36O5/c1-15(26)30-17-9-10-23(2)16(13-17)5-6-18-19-7-8-21(25(4)28-11-12-29-25)24(19,3)22(27)14-20(18)23/h5,17-21H,6-14H2,1-4H3/t17-,18-,19-,20-,21-,23-,24-/m0/s1. The lowest BCUT2D eigenvalue weighted by atomic mass is 9.46. The minimum Gasteiger partial charge on any atom is -0.462 e. The Morgan fingerprint density at radius 3 is 2.50 bits per heavy atom. The molecule has 0 aromatic heterocycles. The summed E-state index contributed by atoms with van der Waals surface area (Å²) in [5.74, 6) is 1.10. The molecule has 5 nitrogen and oxygen atoms in total. The number of Topliss-reactive ketones (excluding diaryl/α,β-unsaturated/α-hetero) is 1. The molecule has 3 saturated carbocycles. The van der Waals surface area contributed by atoms with E-state index in [-0.39, 0.29) is 28.8 Å². The average molecular weight is 417 g/mol. The fourth-order valence-corrected chi connectivity index (χ4v) is 8.24. The number of fused-ring (bicyclic) bond motifs is 5. The van der Waals surface area contributed by atoms with Gasteiger partial charge in [0.05, 0.1) is 13.2 Å². The van der Waals surface area contributed by atoms with Gasteiger partial charge in [-0.2, -0.15) is 0 Å². The Balaban J connectivity index is 1.44. The summed E-state index contributed by atoms with van der Waals surface area (Å²) < 4.78 is 17.6. The van der Waals surface area contributed by atoms with Crippen LogP contribution in [-0.4, -0.2) is 36.9 Å². The van der Waals surface area contributed by atoms with Gasteiger partial charge < -0.3 is 14.2 Å². The molecule has 4 aliphatic carbocycles. The largest absolute Gasteiger partial charge is 0.462 e. The van der Waals surface area contributed by atoms with Crippen LogP contribution in [0.1, 0.15) is 72.6 Å². The van der Waals surface area contributed by atoms with Gasteiger partial charge >= 0.3 is 5.97 Å². The van der Waals surface area contributed by atoms with Gasteiger partial charge in [0.2, 0.25) is 0 Å². The van der Waals surface area contributed by atoms with E-state index >= 15 is 0 Å². The molecule has 5 aliphatic rings. The molecule has 0 aromatic carbocycles. The topological polar surface area (TPSA) is 61.8 Å². The third kappa shape index (κ3) is 2.80. The van der Waals surface area contributed by atoms with Crippen LogP contribution in [0.2, 0.25) is 0 Å². The van der Waals surface area contributed by atoms with Crippen molar-refractivity contribution in [3.8, 4) is 0 Å². The van der Waals surface area contributed by atoms with Gasteiger partial charge in [-0.15, -0.1) is 0 Å². The normalized spacial score (nSPS) is 47.1. The maximum Gasteiger partial charge on any atom is 0.302 e. The van der Waals surface area contributed by atoms with Crippen LogP contribution in [-0.2, 0) is 23.8 Å². The lowest BCUT2D eigenvalue weighted by Crippen LogP contribution is -2.57. The number of carbonyl (C=O) groups is 2. The van der Waals surface area contributed by atoms with Crippen LogP contribution in [0.5, 0.6) is 0 Å². The second-order valence-electron chi connectivity index (χ2n) is 11.0. The van der Waals surface area contributed by atoms with E-state index < -0.39 is 5.79 Å². The number of ketones is 1. The summed E-state index contributed by atoms with van der Waals surface area (Å²) in [7, 11) is 0. The van der Waals surface area contributed by atoms with Crippen molar-refractivity contribution in [2.75, 3.05) is 13.2 Å². The molecule has 5 heteroatoms. The molecule has 1 saturated heterocycles. The van der Waals surface area contributed by atoms with E-state index in [1.54, 1.807) is 0 Å². The van der Waals surface area contributed by atoms with E-state index in [1.165, 1.54) is 12.5 Å². The van der Waals surface area contributed by atoms with Crippen molar-refractivity contribution < 1.29 is 23.8 Å². The minimum absolute atomic E-state index is 0.00425. The fraction of sp³-hybridized carbons (Fsp3) is 0.840. The van der Waals surface area contributed by atoms with E-state index in [2.05, 4.69) is 19.9 Å². The number of ether oxygens (including phenoxy) is 3. The zero-order valence-corrected chi connectivity index (χ0v) is 18.9. The van der Waals surface area contributed by atoms with Gasteiger partial charge in [0.25, 0.3) is 0 Å². The summed E-state index contributed by atoms with van der Waals surface area (Å²) in [5.41, 5.74) is 1.12. The van der Waals surface area contributed by atoms with Crippen molar-refractivity contribution in [3.63, 3.8) is 0 Å². The first-order valence-electron chi connectivity index (χ1n) is 11.9. The lowest BCUT2D eigenvalue weighted by Gasteiger charge is -2.57. The molecule has 0 bridgehead atoms. The first-order valence-corrected chi connectivity index (χ1v) is 11.9. The van der Waals surface area contributed by atoms with Crippen molar-refractivity contribution in [1.29, 1.82) is 0 Å². The lowest BCUT2D eigenvalue weighted by molar-refractivity contribution is -0.212. The summed E-state index contributed by atoms with van der Waals surface area (Å²) in [6.07, 6.45) is 8.97. The molecular formula is C25H36O5. The number of rotatable bonds is 2. The molecular weight excluding hydrogens is 380 g/mol. The second kappa shape index (κ2) is 6.90. The van der Waals surface area contributed by atoms with Crippen molar-refractivity contribution in [2.45, 2.75) is 84.5 Å². The molecule has 0 aromatic rings. The Kier molecular flexibility index (Phi) is 4.76. The molecule has 7 atom stereocenters. The third-order valence-electron chi connectivity index (χ3n) is 9.75. The first-order chi connectivity index (χ1) is 14.2. The van der Waals surface area contributed by atoms with Crippen molar-refractivity contribution in [3.05, 3.63) is 11.6 Å². The maximum absolute atomic E-state index is 13.8. The van der Waals surface area contributed by atoms with Crippen LogP contribution in [0.4, 0.5) is 0 Å². The predicted octanol–water partition coefficient (Wildman–Crippen LogP) is 4.44.